The molecule has 0 unspecified atom stereocenters. The normalized spacial score (nSPS) is 10.7. The van der Waals surface area contributed by atoms with Crippen molar-refractivity contribution in [2.24, 2.45) is 0 Å². The number of hydrogen-bond donors (Lipinski definition) is 1. The van der Waals surface area contributed by atoms with E-state index in [2.05, 4.69) is 34.2 Å². The molecule has 3 rings (SSSR count). The van der Waals surface area contributed by atoms with Crippen LogP contribution in [-0.4, -0.2) is 26.4 Å². The number of anilines is 1. The fraction of sp³-hybridized carbons (Fsp3) is 0.227. The number of nitrogens with one attached hydrogen (secondary N) is 1. The standard InChI is InChI=1S/C22H23ClN4OS/c1-3-13-27-20(12-10-17-7-5-4-6-8-17)25-26-22(27)29-15-21(28)24-19-14-18(23)11-9-16(19)2/h3-9,11,14H,1,10,12-13,15H2,2H3,(H,24,28). The molecular formula is C22H23ClN4OS. The quantitative estimate of drug-likeness (QED) is 0.388. The molecule has 0 aliphatic rings. The molecule has 0 atom stereocenters. The van der Waals surface area contributed by atoms with Crippen LogP contribution in [0.3, 0.4) is 0 Å². The number of rotatable bonds is 9. The minimum atomic E-state index is -0.112. The Morgan fingerprint density at radius 3 is 2.76 bits per heavy atom. The van der Waals surface area contributed by atoms with Gasteiger partial charge in [-0.25, -0.2) is 0 Å². The summed E-state index contributed by atoms with van der Waals surface area (Å²) in [6.07, 6.45) is 3.48. The molecule has 1 heterocycles. The minimum absolute atomic E-state index is 0.112. The summed E-state index contributed by atoms with van der Waals surface area (Å²) in [4.78, 5) is 12.4. The van der Waals surface area contributed by atoms with Crippen molar-refractivity contribution in [3.8, 4) is 0 Å². The summed E-state index contributed by atoms with van der Waals surface area (Å²) in [5, 5.41) is 12.8. The number of carbonyl (C=O) groups excluding carboxylic acids is 1. The van der Waals surface area contributed by atoms with E-state index in [0.29, 0.717) is 16.7 Å². The summed E-state index contributed by atoms with van der Waals surface area (Å²) >= 11 is 7.38. The molecule has 3 aromatic rings. The Bertz CT molecular complexity index is 988. The molecule has 150 valence electrons. The van der Waals surface area contributed by atoms with Gasteiger partial charge in [-0.05, 0) is 36.6 Å². The molecule has 0 bridgehead atoms. The van der Waals surface area contributed by atoms with E-state index >= 15 is 0 Å². The predicted octanol–water partition coefficient (Wildman–Crippen LogP) is 4.94. The lowest BCUT2D eigenvalue weighted by Gasteiger charge is -2.10. The second kappa shape index (κ2) is 10.3. The Hall–Kier alpha value is -2.57. The van der Waals surface area contributed by atoms with Gasteiger partial charge in [0.15, 0.2) is 5.16 Å². The molecule has 0 radical (unpaired) electrons. The van der Waals surface area contributed by atoms with Crippen LogP contribution in [0.15, 0.2) is 66.3 Å². The van der Waals surface area contributed by atoms with Crippen LogP contribution in [0.25, 0.3) is 0 Å². The molecule has 5 nitrogen and oxygen atoms in total. The second-order valence-electron chi connectivity index (χ2n) is 6.58. The number of carbonyl (C=O) groups is 1. The third-order valence-electron chi connectivity index (χ3n) is 4.39. The summed E-state index contributed by atoms with van der Waals surface area (Å²) < 4.78 is 2.01. The Kier molecular flexibility index (Phi) is 7.49. The number of nitrogens with zero attached hydrogens (tertiary/aromatic N) is 3. The largest absolute Gasteiger partial charge is 0.325 e. The smallest absolute Gasteiger partial charge is 0.234 e. The molecule has 0 spiro atoms. The van der Waals surface area contributed by atoms with Crippen LogP contribution in [0.1, 0.15) is 17.0 Å². The molecule has 0 aliphatic heterocycles. The first-order chi connectivity index (χ1) is 14.1. The van der Waals surface area contributed by atoms with Crippen molar-refractivity contribution >= 4 is 35.0 Å². The molecule has 0 saturated carbocycles. The lowest BCUT2D eigenvalue weighted by Crippen LogP contribution is -2.15. The predicted molar refractivity (Wildman–Crippen MR) is 120 cm³/mol. The number of benzene rings is 2. The van der Waals surface area contributed by atoms with Crippen molar-refractivity contribution in [2.75, 3.05) is 11.1 Å². The van der Waals surface area contributed by atoms with Gasteiger partial charge >= 0.3 is 0 Å². The molecule has 29 heavy (non-hydrogen) atoms. The van der Waals surface area contributed by atoms with Crippen LogP contribution < -0.4 is 5.32 Å². The van der Waals surface area contributed by atoms with Gasteiger partial charge in [0, 0.05) is 23.7 Å². The highest BCUT2D eigenvalue weighted by molar-refractivity contribution is 7.99. The van der Waals surface area contributed by atoms with Gasteiger partial charge in [-0.3, -0.25) is 4.79 Å². The zero-order valence-electron chi connectivity index (χ0n) is 16.3. The van der Waals surface area contributed by atoms with E-state index in [9.17, 15) is 4.79 Å². The monoisotopic (exact) mass is 426 g/mol. The van der Waals surface area contributed by atoms with Crippen molar-refractivity contribution in [1.29, 1.82) is 0 Å². The van der Waals surface area contributed by atoms with Gasteiger partial charge < -0.3 is 9.88 Å². The number of halogens is 1. The number of aryl methyl sites for hydroxylation is 3. The van der Waals surface area contributed by atoms with Gasteiger partial charge in [0.25, 0.3) is 0 Å². The van der Waals surface area contributed by atoms with Gasteiger partial charge in [0.1, 0.15) is 5.82 Å². The van der Waals surface area contributed by atoms with Gasteiger partial charge in [-0.2, -0.15) is 0 Å². The van der Waals surface area contributed by atoms with Gasteiger partial charge in [-0.15, -0.1) is 16.8 Å². The van der Waals surface area contributed by atoms with Crippen molar-refractivity contribution in [3.63, 3.8) is 0 Å². The van der Waals surface area contributed by atoms with Crippen LogP contribution in [-0.2, 0) is 24.2 Å². The van der Waals surface area contributed by atoms with E-state index in [-0.39, 0.29) is 11.7 Å². The molecule has 0 aliphatic carbocycles. The number of hydrogen-bond acceptors (Lipinski definition) is 4. The number of allylic oxidation sites excluding steroid dienone is 1. The highest BCUT2D eigenvalue weighted by Gasteiger charge is 2.14. The van der Waals surface area contributed by atoms with Crippen molar-refractivity contribution in [2.45, 2.75) is 31.5 Å². The summed E-state index contributed by atoms with van der Waals surface area (Å²) in [5.74, 6) is 1.02. The molecular weight excluding hydrogens is 404 g/mol. The molecule has 7 heteroatoms. The SMILES string of the molecule is C=CCn1c(CCc2ccccc2)nnc1SCC(=O)Nc1cc(Cl)ccc1C. The maximum absolute atomic E-state index is 12.4. The maximum atomic E-state index is 12.4. The average Bonchev–Trinajstić information content (AvgIpc) is 3.10. The lowest BCUT2D eigenvalue weighted by molar-refractivity contribution is -0.113. The summed E-state index contributed by atoms with van der Waals surface area (Å²) in [6, 6.07) is 15.7. The molecule has 1 N–H and O–H groups in total. The lowest BCUT2D eigenvalue weighted by atomic mass is 10.1. The van der Waals surface area contributed by atoms with E-state index in [1.165, 1.54) is 17.3 Å². The molecule has 1 amide bonds. The Morgan fingerprint density at radius 1 is 1.21 bits per heavy atom. The summed E-state index contributed by atoms with van der Waals surface area (Å²) in [5.41, 5.74) is 2.94. The van der Waals surface area contributed by atoms with Gasteiger partial charge in [-0.1, -0.05) is 65.8 Å². The van der Waals surface area contributed by atoms with E-state index < -0.39 is 0 Å². The van der Waals surface area contributed by atoms with Crippen molar-refractivity contribution in [3.05, 3.63) is 83.2 Å². The van der Waals surface area contributed by atoms with Crippen molar-refractivity contribution in [1.82, 2.24) is 14.8 Å². The first kappa shape index (κ1) is 21.1. The highest BCUT2D eigenvalue weighted by Crippen LogP contribution is 2.22. The van der Waals surface area contributed by atoms with E-state index in [1.807, 2.05) is 41.8 Å². The molecule has 2 aromatic carbocycles. The third-order valence-corrected chi connectivity index (χ3v) is 5.59. The summed E-state index contributed by atoms with van der Waals surface area (Å²) in [6.45, 7) is 6.36. The number of thioether (sulfide) groups is 1. The van der Waals surface area contributed by atoms with Crippen molar-refractivity contribution < 1.29 is 4.79 Å². The van der Waals surface area contributed by atoms with Crippen LogP contribution in [0, 0.1) is 6.92 Å². The van der Waals surface area contributed by atoms with Gasteiger partial charge in [0.2, 0.25) is 5.91 Å². The Balaban J connectivity index is 1.62. The van der Waals surface area contributed by atoms with Gasteiger partial charge in [0.05, 0.1) is 5.75 Å². The zero-order chi connectivity index (χ0) is 20.6. The zero-order valence-corrected chi connectivity index (χ0v) is 17.8. The van der Waals surface area contributed by atoms with E-state index in [0.717, 1.165) is 29.9 Å². The summed E-state index contributed by atoms with van der Waals surface area (Å²) in [7, 11) is 0. The van der Waals surface area contributed by atoms with Crippen LogP contribution in [0.4, 0.5) is 5.69 Å². The first-order valence-electron chi connectivity index (χ1n) is 9.32. The number of aromatic nitrogens is 3. The Morgan fingerprint density at radius 2 is 2.00 bits per heavy atom. The number of amides is 1. The fourth-order valence-electron chi connectivity index (χ4n) is 2.87. The van der Waals surface area contributed by atoms with Crippen LogP contribution in [0.5, 0.6) is 0 Å². The molecule has 1 aromatic heterocycles. The van der Waals surface area contributed by atoms with Crippen LogP contribution >= 0.6 is 23.4 Å². The third kappa shape index (κ3) is 5.95. The van der Waals surface area contributed by atoms with E-state index in [4.69, 9.17) is 11.6 Å². The highest BCUT2D eigenvalue weighted by atomic mass is 35.5. The fourth-order valence-corrected chi connectivity index (χ4v) is 3.81. The second-order valence-corrected chi connectivity index (χ2v) is 7.96. The van der Waals surface area contributed by atoms with E-state index in [1.54, 1.807) is 12.1 Å². The van der Waals surface area contributed by atoms with Crippen LogP contribution in [0.2, 0.25) is 5.02 Å². The molecule has 0 saturated heterocycles. The topological polar surface area (TPSA) is 59.8 Å². The Labute approximate surface area is 180 Å². The first-order valence-corrected chi connectivity index (χ1v) is 10.7. The maximum Gasteiger partial charge on any atom is 0.234 e. The minimum Gasteiger partial charge on any atom is -0.325 e. The molecule has 0 fully saturated rings. The average molecular weight is 427 g/mol.